The second-order valence-electron chi connectivity index (χ2n) is 5.10. The summed E-state index contributed by atoms with van der Waals surface area (Å²) in [6, 6.07) is 12.1. The molecule has 1 aromatic carbocycles. The minimum absolute atomic E-state index is 0.498. The van der Waals surface area contributed by atoms with Gasteiger partial charge in [0.1, 0.15) is 5.76 Å². The second-order valence-corrected chi connectivity index (χ2v) is 5.10. The predicted molar refractivity (Wildman–Crippen MR) is 83.0 cm³/mol. The Labute approximate surface area is 127 Å². The molecule has 110 valence electrons. The van der Waals surface area contributed by atoms with Gasteiger partial charge in [-0.1, -0.05) is 18.2 Å². The van der Waals surface area contributed by atoms with Crippen molar-refractivity contribution >= 4 is 17.5 Å². The molecule has 0 aliphatic carbocycles. The van der Waals surface area contributed by atoms with Gasteiger partial charge in [-0.2, -0.15) is 10.1 Å². The van der Waals surface area contributed by atoms with Gasteiger partial charge >= 0.3 is 0 Å². The Bertz CT molecular complexity index is 772. The smallest absolute Gasteiger partial charge is 0.245 e. The number of furan rings is 1. The lowest BCUT2D eigenvalue weighted by atomic mass is 10.2. The lowest BCUT2D eigenvalue weighted by molar-refractivity contribution is 0.517. The topological polar surface area (TPSA) is 67.1 Å². The molecule has 0 bridgehead atoms. The van der Waals surface area contributed by atoms with Gasteiger partial charge in [-0.25, -0.2) is 0 Å². The zero-order chi connectivity index (χ0) is 14.8. The lowest BCUT2D eigenvalue weighted by Gasteiger charge is -2.18. The Morgan fingerprint density at radius 1 is 1.18 bits per heavy atom. The summed E-state index contributed by atoms with van der Waals surface area (Å²) < 4.78 is 5.28. The number of nitrogens with zero attached hydrogens (tertiary/aromatic N) is 4. The number of aromatic nitrogens is 3. The van der Waals surface area contributed by atoms with Crippen LogP contribution >= 0.6 is 0 Å². The molecule has 6 nitrogen and oxygen atoms in total. The maximum atomic E-state index is 5.28. The minimum Gasteiger partial charge on any atom is -0.467 e. The highest BCUT2D eigenvalue weighted by Crippen LogP contribution is 2.32. The fraction of sp³-hybridized carbons (Fsp3) is 0.188. The number of benzene rings is 1. The van der Waals surface area contributed by atoms with Crippen molar-refractivity contribution in [2.45, 2.75) is 13.0 Å². The summed E-state index contributed by atoms with van der Waals surface area (Å²) in [5, 5.41) is 11.2. The molecule has 0 spiro atoms. The molecule has 1 aliphatic rings. The number of rotatable bonds is 4. The van der Waals surface area contributed by atoms with Crippen LogP contribution in [0.2, 0.25) is 0 Å². The van der Waals surface area contributed by atoms with Gasteiger partial charge < -0.3 is 14.6 Å². The van der Waals surface area contributed by atoms with E-state index in [1.54, 1.807) is 12.5 Å². The van der Waals surface area contributed by atoms with Crippen LogP contribution in [0, 0.1) is 0 Å². The molecular formula is C16H15N5O. The summed E-state index contributed by atoms with van der Waals surface area (Å²) in [5.74, 6) is 2.14. The Morgan fingerprint density at radius 2 is 2.14 bits per heavy atom. The third kappa shape index (κ3) is 2.39. The van der Waals surface area contributed by atoms with E-state index in [0.29, 0.717) is 12.5 Å². The molecule has 6 heteroatoms. The molecule has 0 fully saturated rings. The average Bonchev–Trinajstić information content (AvgIpc) is 3.23. The van der Waals surface area contributed by atoms with Crippen molar-refractivity contribution in [3.63, 3.8) is 0 Å². The van der Waals surface area contributed by atoms with Crippen LogP contribution in [-0.2, 0) is 13.0 Å². The first-order valence-electron chi connectivity index (χ1n) is 7.21. The largest absolute Gasteiger partial charge is 0.467 e. The van der Waals surface area contributed by atoms with Crippen molar-refractivity contribution in [3.05, 3.63) is 60.2 Å². The van der Waals surface area contributed by atoms with Crippen molar-refractivity contribution in [3.8, 4) is 0 Å². The van der Waals surface area contributed by atoms with E-state index in [-0.39, 0.29) is 0 Å². The first-order valence-corrected chi connectivity index (χ1v) is 7.21. The number of nitrogens with one attached hydrogen (secondary N) is 1. The zero-order valence-electron chi connectivity index (χ0n) is 11.9. The standard InChI is InChI=1S/C16H15N5O/c1-2-6-14-12(4-1)7-8-21(14)15-11-18-20-16(19-15)17-10-13-5-3-9-22-13/h1-6,9,11H,7-8,10H2,(H,17,19,20). The summed E-state index contributed by atoms with van der Waals surface area (Å²) in [6.07, 6.45) is 4.36. The Balaban J connectivity index is 1.55. The molecule has 22 heavy (non-hydrogen) atoms. The van der Waals surface area contributed by atoms with Crippen LogP contribution in [0.4, 0.5) is 17.5 Å². The maximum Gasteiger partial charge on any atom is 0.245 e. The van der Waals surface area contributed by atoms with Crippen molar-refractivity contribution in [2.24, 2.45) is 0 Å². The molecule has 0 amide bonds. The average molecular weight is 293 g/mol. The summed E-state index contributed by atoms with van der Waals surface area (Å²) in [4.78, 5) is 6.72. The number of hydrogen-bond donors (Lipinski definition) is 1. The molecule has 2 aromatic heterocycles. The van der Waals surface area contributed by atoms with E-state index in [0.717, 1.165) is 24.5 Å². The van der Waals surface area contributed by atoms with Crippen molar-refractivity contribution < 1.29 is 4.42 Å². The maximum absolute atomic E-state index is 5.28. The fourth-order valence-electron chi connectivity index (χ4n) is 2.66. The minimum atomic E-state index is 0.498. The third-order valence-corrected chi connectivity index (χ3v) is 3.71. The normalized spacial score (nSPS) is 13.2. The second kappa shape index (κ2) is 5.48. The van der Waals surface area contributed by atoms with Crippen molar-refractivity contribution in [1.82, 2.24) is 15.2 Å². The molecule has 1 aliphatic heterocycles. The molecule has 0 saturated carbocycles. The van der Waals surface area contributed by atoms with Crippen molar-refractivity contribution in [1.29, 1.82) is 0 Å². The van der Waals surface area contributed by atoms with Gasteiger partial charge in [-0.3, -0.25) is 0 Å². The van der Waals surface area contributed by atoms with E-state index in [1.165, 1.54) is 11.3 Å². The van der Waals surface area contributed by atoms with Gasteiger partial charge in [-0.15, -0.1) is 5.10 Å². The van der Waals surface area contributed by atoms with E-state index in [1.807, 2.05) is 18.2 Å². The summed E-state index contributed by atoms with van der Waals surface area (Å²) in [6.45, 7) is 1.45. The van der Waals surface area contributed by atoms with E-state index in [9.17, 15) is 0 Å². The third-order valence-electron chi connectivity index (χ3n) is 3.71. The van der Waals surface area contributed by atoms with E-state index in [4.69, 9.17) is 4.42 Å². The first-order chi connectivity index (χ1) is 10.9. The Hall–Kier alpha value is -2.89. The first kappa shape index (κ1) is 12.8. The molecule has 4 rings (SSSR count). The van der Waals surface area contributed by atoms with Gasteiger partial charge in [0.25, 0.3) is 0 Å². The molecule has 0 unspecified atom stereocenters. The number of fused-ring (bicyclic) bond motifs is 1. The van der Waals surface area contributed by atoms with Crippen LogP contribution in [0.5, 0.6) is 0 Å². The van der Waals surface area contributed by atoms with E-state index >= 15 is 0 Å². The number of anilines is 3. The molecule has 1 N–H and O–H groups in total. The summed E-state index contributed by atoms with van der Waals surface area (Å²) in [7, 11) is 0. The summed E-state index contributed by atoms with van der Waals surface area (Å²) in [5.41, 5.74) is 2.53. The zero-order valence-corrected chi connectivity index (χ0v) is 11.9. The van der Waals surface area contributed by atoms with Crippen LogP contribution in [0.15, 0.2) is 53.3 Å². The molecular weight excluding hydrogens is 278 g/mol. The van der Waals surface area contributed by atoms with E-state index < -0.39 is 0 Å². The van der Waals surface area contributed by atoms with Crippen LogP contribution in [-0.4, -0.2) is 21.7 Å². The molecule has 3 aromatic rings. The quantitative estimate of drug-likeness (QED) is 0.798. The van der Waals surface area contributed by atoms with Gasteiger partial charge in [-0.05, 0) is 30.2 Å². The van der Waals surface area contributed by atoms with Gasteiger partial charge in [0.2, 0.25) is 5.95 Å². The predicted octanol–water partition coefficient (Wildman–Crippen LogP) is 2.77. The van der Waals surface area contributed by atoms with Gasteiger partial charge in [0.15, 0.2) is 5.82 Å². The van der Waals surface area contributed by atoms with Crippen LogP contribution in [0.3, 0.4) is 0 Å². The van der Waals surface area contributed by atoms with Gasteiger partial charge in [0, 0.05) is 12.2 Å². The highest BCUT2D eigenvalue weighted by molar-refractivity contribution is 5.67. The highest BCUT2D eigenvalue weighted by atomic mass is 16.3. The van der Waals surface area contributed by atoms with E-state index in [2.05, 4.69) is 43.6 Å². The van der Waals surface area contributed by atoms with Crippen molar-refractivity contribution in [2.75, 3.05) is 16.8 Å². The SMILES string of the molecule is c1coc(CNc2nncc(N3CCc4ccccc43)n2)c1. The molecule has 0 saturated heterocycles. The monoisotopic (exact) mass is 293 g/mol. The Morgan fingerprint density at radius 3 is 3.05 bits per heavy atom. The highest BCUT2D eigenvalue weighted by Gasteiger charge is 2.21. The summed E-state index contributed by atoms with van der Waals surface area (Å²) >= 11 is 0. The molecule has 0 atom stereocenters. The molecule has 0 radical (unpaired) electrons. The lowest BCUT2D eigenvalue weighted by Crippen LogP contribution is -2.16. The van der Waals surface area contributed by atoms with Crippen LogP contribution in [0.25, 0.3) is 0 Å². The Kier molecular flexibility index (Phi) is 3.19. The molecule has 3 heterocycles. The van der Waals surface area contributed by atoms with Gasteiger partial charge in [0.05, 0.1) is 19.0 Å². The van der Waals surface area contributed by atoms with Crippen LogP contribution in [0.1, 0.15) is 11.3 Å². The fourth-order valence-corrected chi connectivity index (χ4v) is 2.66. The number of hydrogen-bond acceptors (Lipinski definition) is 6. The number of para-hydroxylation sites is 1. The van der Waals surface area contributed by atoms with Crippen LogP contribution < -0.4 is 10.2 Å².